The van der Waals surface area contributed by atoms with Crippen LogP contribution >= 0.6 is 64.8 Å². The molecule has 2 aliphatic rings. The first kappa shape index (κ1) is 110. The van der Waals surface area contributed by atoms with E-state index in [0.717, 1.165) is 86.9 Å². The molecule has 0 aromatic rings. The maximum atomic E-state index is 5.97. The van der Waals surface area contributed by atoms with Gasteiger partial charge in [0.2, 0.25) is 0 Å². The number of rotatable bonds is 89. The maximum absolute atomic E-state index is 5.97. The lowest BCUT2D eigenvalue weighted by atomic mass is 9.70. The second kappa shape index (κ2) is 78.6. The highest BCUT2D eigenvalue weighted by Gasteiger charge is 2.37. The van der Waals surface area contributed by atoms with Gasteiger partial charge in [-0.25, -0.2) is 0 Å². The number of unbranched alkanes of at least 4 members (excludes halogenated alkanes) is 34. The predicted octanol–water partition coefficient (Wildman–Crippen LogP) is 31.0. The van der Waals surface area contributed by atoms with Gasteiger partial charge in [0.1, 0.15) is 0 Å². The molecule has 0 aliphatic heterocycles. The maximum Gasteiger partial charge on any atom is 0.282 e. The Balaban J connectivity index is 1.87. The Bertz CT molecular complexity index is 1740. The molecular formula is C94H186O12S6. The van der Waals surface area contributed by atoms with Gasteiger partial charge in [-0.2, -0.15) is 0 Å². The van der Waals surface area contributed by atoms with Crippen molar-refractivity contribution in [2.24, 2.45) is 35.5 Å². The summed E-state index contributed by atoms with van der Waals surface area (Å²) in [5, 5.41) is 0. The largest absolute Gasteiger partial charge is 0.328 e. The molecule has 2 fully saturated rings. The third-order valence-electron chi connectivity index (χ3n) is 23.5. The molecule has 2 saturated carbocycles. The zero-order chi connectivity index (χ0) is 81.1. The van der Waals surface area contributed by atoms with Crippen LogP contribution in [0.25, 0.3) is 0 Å². The van der Waals surface area contributed by atoms with Crippen molar-refractivity contribution in [2.45, 2.75) is 454 Å². The van der Waals surface area contributed by atoms with Gasteiger partial charge in [-0.15, -0.1) is 0 Å². The number of hydrogen-bond donors (Lipinski definition) is 0. The first-order valence-electron chi connectivity index (χ1n) is 48.4. The molecule has 0 spiro atoms. The first-order chi connectivity index (χ1) is 55.0. The molecule has 18 heteroatoms. The fourth-order valence-corrected chi connectivity index (χ4v) is 24.8. The molecule has 0 saturated heterocycles. The molecule has 0 heterocycles. The standard InChI is InChI=1S/C94H186O12S6/c1-13-95-91(96-14-2,97-15-3)73-57-49-41-33-25-27-37-45-53-61-77-107-109-81-71-89-83-85(63-55-47-39-31-29-35-43-51-59-75-93(101-19-7,102-20-8)103-21-9)65-67-87(89)69-79-111-112-80-70-88-68-66-86(64-56-48-40-32-30-36-44-52-60-76-94(104-22-10,105-23-11)106-24-12)84-90(88)72-82-110-108-78-62-54-46-38-28-26-34-42-50-58-74-92(98-16-4,99-17-5)100-18-6/h85-90H,13-84H2,1-12H3. The van der Waals surface area contributed by atoms with Crippen LogP contribution in [-0.4, -0.2) is 138 Å². The predicted molar refractivity (Wildman–Crippen MR) is 495 cm³/mol. The summed E-state index contributed by atoms with van der Waals surface area (Å²) in [7, 11) is 13.3. The molecular weight excluding hydrogens is 1510 g/mol. The molecule has 0 amide bonds. The fourth-order valence-electron chi connectivity index (χ4n) is 17.9. The van der Waals surface area contributed by atoms with Crippen LogP contribution in [0.15, 0.2) is 0 Å². The number of hydrogen-bond acceptors (Lipinski definition) is 18. The molecule has 112 heavy (non-hydrogen) atoms. The van der Waals surface area contributed by atoms with E-state index in [-0.39, 0.29) is 0 Å². The van der Waals surface area contributed by atoms with Crippen molar-refractivity contribution in [3.05, 3.63) is 0 Å². The Labute approximate surface area is 719 Å². The SMILES string of the molecule is CCOC(CCCCCCCCCCCCSSCCC1CC(CCCCCCCCCCCC(OCC)(OCC)OCC)CCC1CCSSCCC1CCC(CCCCCCCCCCCC(OCC)(OCC)OCC)CC1CCSSCCCCCCCCCCCCC(OCC)(OCC)OCC)(OCC)OCC. The van der Waals surface area contributed by atoms with Crippen LogP contribution < -0.4 is 0 Å². The quantitative estimate of drug-likeness (QED) is 0.0327. The molecule has 0 radical (unpaired) electrons. The second-order valence-corrected chi connectivity index (χ2v) is 40.5. The normalized spacial score (nSPS) is 18.1. The van der Waals surface area contributed by atoms with Gasteiger partial charge in [0.25, 0.3) is 23.9 Å². The minimum atomic E-state index is -0.853. The smallest absolute Gasteiger partial charge is 0.282 e. The van der Waals surface area contributed by atoms with E-state index in [4.69, 9.17) is 56.8 Å². The Kier molecular flexibility index (Phi) is 77.0. The van der Waals surface area contributed by atoms with Crippen LogP contribution in [-0.2, 0) is 56.8 Å². The van der Waals surface area contributed by atoms with Crippen LogP contribution in [0.5, 0.6) is 0 Å². The average molecular weight is 1700 g/mol. The highest BCUT2D eigenvalue weighted by atomic mass is 33.1. The van der Waals surface area contributed by atoms with Gasteiger partial charge in [0.15, 0.2) is 0 Å². The summed E-state index contributed by atoms with van der Waals surface area (Å²) in [6.45, 7) is 31.6. The van der Waals surface area contributed by atoms with Crippen molar-refractivity contribution < 1.29 is 56.8 Å². The molecule has 0 aromatic carbocycles. The molecule has 6 unspecified atom stereocenters. The molecule has 0 bridgehead atoms. The Morgan fingerprint density at radius 1 is 0.179 bits per heavy atom. The van der Waals surface area contributed by atoms with Crippen LogP contribution in [0.2, 0.25) is 0 Å². The summed E-state index contributed by atoms with van der Waals surface area (Å²) in [4.78, 5) is 0. The van der Waals surface area contributed by atoms with Crippen molar-refractivity contribution in [2.75, 3.05) is 114 Å². The van der Waals surface area contributed by atoms with E-state index in [2.05, 4.69) is 64.8 Å². The molecule has 2 rings (SSSR count). The van der Waals surface area contributed by atoms with Crippen molar-refractivity contribution in [1.82, 2.24) is 0 Å². The summed E-state index contributed by atoms with van der Waals surface area (Å²) >= 11 is 0. The lowest BCUT2D eigenvalue weighted by molar-refractivity contribution is -0.380. The van der Waals surface area contributed by atoms with E-state index >= 15 is 0 Å². The van der Waals surface area contributed by atoms with Crippen molar-refractivity contribution in [3.8, 4) is 0 Å². The van der Waals surface area contributed by atoms with Gasteiger partial charge in [0, 0.05) is 139 Å². The Morgan fingerprint density at radius 2 is 0.348 bits per heavy atom. The van der Waals surface area contributed by atoms with Gasteiger partial charge in [-0.1, -0.05) is 296 Å². The molecule has 12 nitrogen and oxygen atoms in total. The van der Waals surface area contributed by atoms with Crippen LogP contribution in [0.1, 0.15) is 430 Å². The highest BCUT2D eigenvalue weighted by Crippen LogP contribution is 2.45. The lowest BCUT2D eigenvalue weighted by Crippen LogP contribution is -2.39. The van der Waals surface area contributed by atoms with Gasteiger partial charge in [-0.05, 0) is 208 Å². The van der Waals surface area contributed by atoms with Crippen LogP contribution in [0.3, 0.4) is 0 Å². The molecule has 6 atom stereocenters. The first-order valence-corrected chi connectivity index (χ1v) is 55.9. The van der Waals surface area contributed by atoms with E-state index < -0.39 is 23.9 Å². The lowest BCUT2D eigenvalue weighted by Gasteiger charge is -2.37. The van der Waals surface area contributed by atoms with Crippen molar-refractivity contribution >= 4 is 64.8 Å². The van der Waals surface area contributed by atoms with E-state index in [1.165, 1.54) is 330 Å². The minimum absolute atomic E-state index is 0.610. The summed E-state index contributed by atoms with van der Waals surface area (Å²) in [6.07, 6.45) is 71.4. The summed E-state index contributed by atoms with van der Waals surface area (Å²) in [5.41, 5.74) is 0. The molecule has 0 N–H and O–H groups in total. The van der Waals surface area contributed by atoms with E-state index in [1.54, 1.807) is 0 Å². The third kappa shape index (κ3) is 57.1. The zero-order valence-corrected chi connectivity index (χ0v) is 80.6. The van der Waals surface area contributed by atoms with Crippen LogP contribution in [0.4, 0.5) is 0 Å². The van der Waals surface area contributed by atoms with E-state index in [9.17, 15) is 0 Å². The minimum Gasteiger partial charge on any atom is -0.328 e. The number of ether oxygens (including phenoxy) is 12. The van der Waals surface area contributed by atoms with Crippen LogP contribution in [0, 0.1) is 35.5 Å². The third-order valence-corrected chi connectivity index (χ3v) is 31.0. The average Bonchev–Trinajstić information content (AvgIpc) is 0.844. The molecule has 670 valence electrons. The summed E-state index contributed by atoms with van der Waals surface area (Å²) in [5.74, 6) is 10.2. The second-order valence-electron chi connectivity index (χ2n) is 32.4. The monoisotopic (exact) mass is 1700 g/mol. The van der Waals surface area contributed by atoms with E-state index in [0.29, 0.717) is 79.3 Å². The topological polar surface area (TPSA) is 111 Å². The molecule has 2 aliphatic carbocycles. The van der Waals surface area contributed by atoms with Crippen molar-refractivity contribution in [3.63, 3.8) is 0 Å². The van der Waals surface area contributed by atoms with E-state index in [1.807, 2.05) is 83.1 Å². The Hall–Kier alpha value is 1.62. The highest BCUT2D eigenvalue weighted by molar-refractivity contribution is 8.77. The molecule has 0 aromatic heterocycles. The summed E-state index contributed by atoms with van der Waals surface area (Å²) in [6, 6.07) is 0. The zero-order valence-electron chi connectivity index (χ0n) is 75.7. The van der Waals surface area contributed by atoms with Gasteiger partial charge < -0.3 is 56.8 Å². The van der Waals surface area contributed by atoms with Crippen molar-refractivity contribution in [1.29, 1.82) is 0 Å². The fraction of sp³-hybridized carbons (Fsp3) is 1.00. The van der Waals surface area contributed by atoms with Gasteiger partial charge >= 0.3 is 0 Å². The summed E-state index contributed by atoms with van der Waals surface area (Å²) < 4.78 is 71.5. The Morgan fingerprint density at radius 3 is 0.554 bits per heavy atom. The van der Waals surface area contributed by atoms with Gasteiger partial charge in [-0.3, -0.25) is 0 Å². The van der Waals surface area contributed by atoms with Gasteiger partial charge in [0.05, 0.1) is 0 Å².